The molecule has 5 nitrogen and oxygen atoms in total. The van der Waals surface area contributed by atoms with Gasteiger partial charge in [-0.25, -0.2) is 4.39 Å². The van der Waals surface area contributed by atoms with Crippen LogP contribution in [0, 0.1) is 5.82 Å². The number of benzene rings is 2. The molecule has 0 aliphatic rings. The number of pyridine rings is 1. The van der Waals surface area contributed by atoms with Gasteiger partial charge in [-0.3, -0.25) is 4.98 Å². The highest BCUT2D eigenvalue weighted by Gasteiger charge is 2.12. The van der Waals surface area contributed by atoms with E-state index in [1.54, 1.807) is 12.3 Å². The maximum absolute atomic E-state index is 14.8. The summed E-state index contributed by atoms with van der Waals surface area (Å²) in [7, 11) is -2.54. The molecule has 0 fully saturated rings. The van der Waals surface area contributed by atoms with E-state index < -0.39 is 8.25 Å². The number of hydrogen-bond acceptors (Lipinski definition) is 4. The summed E-state index contributed by atoms with van der Waals surface area (Å²) in [5, 5.41) is 4.31. The molecule has 0 radical (unpaired) electrons. The number of halogens is 1. The number of rotatable bonds is 14. The molecule has 7 heteroatoms. The number of unbranched alkanes of at least 4 members (excludes halogenated alkanes) is 4. The van der Waals surface area contributed by atoms with Crippen molar-refractivity contribution in [2.24, 2.45) is 0 Å². The lowest BCUT2D eigenvalue weighted by Gasteiger charge is -2.13. The Bertz CT molecular complexity index is 1060. The maximum atomic E-state index is 14.8. The van der Waals surface area contributed by atoms with Gasteiger partial charge in [-0.05, 0) is 60.2 Å². The Morgan fingerprint density at radius 3 is 2.67 bits per heavy atom. The molecule has 1 atom stereocenters. The lowest BCUT2D eigenvalue weighted by Crippen LogP contribution is -2.16. The standard InChI is InChI=1S/C26H32FN2O3P/c1-2-3-4-5-6-9-20-11-12-21(18-25(20)27)23-14-13-22(26-24(23)10-7-16-29-26)19-28-15-8-17-32-33(30)31/h7,10-14,16,18,28H,2-6,8-9,15,17,19H2,1H3/p+1. The normalized spacial score (nSPS) is 11.8. The fourth-order valence-electron chi connectivity index (χ4n) is 4.03. The summed E-state index contributed by atoms with van der Waals surface area (Å²) in [5.74, 6) is -0.141. The Kier molecular flexibility index (Phi) is 10.4. The lowest BCUT2D eigenvalue weighted by atomic mass is 9.96. The van der Waals surface area contributed by atoms with E-state index in [9.17, 15) is 8.96 Å². The SMILES string of the molecule is CCCCCCCc1ccc(-c2ccc(CNCCCO[P+](=O)O)c3ncccc23)cc1F. The van der Waals surface area contributed by atoms with Gasteiger partial charge in [0.25, 0.3) is 0 Å². The monoisotopic (exact) mass is 471 g/mol. The number of hydrogen-bond donors (Lipinski definition) is 2. The first-order valence-corrected chi connectivity index (χ1v) is 12.9. The van der Waals surface area contributed by atoms with E-state index in [0.29, 0.717) is 19.5 Å². The summed E-state index contributed by atoms with van der Waals surface area (Å²) in [6.07, 6.45) is 9.03. The number of aromatic nitrogens is 1. The van der Waals surface area contributed by atoms with E-state index in [2.05, 4.69) is 21.7 Å². The summed E-state index contributed by atoms with van der Waals surface area (Å²) in [5.41, 5.74) is 4.55. The molecule has 176 valence electrons. The summed E-state index contributed by atoms with van der Waals surface area (Å²) in [4.78, 5) is 13.2. The zero-order valence-corrected chi connectivity index (χ0v) is 20.1. The van der Waals surface area contributed by atoms with Crippen LogP contribution in [0.3, 0.4) is 0 Å². The molecule has 2 aromatic carbocycles. The van der Waals surface area contributed by atoms with Crippen LogP contribution in [0.15, 0.2) is 48.7 Å². The Morgan fingerprint density at radius 2 is 1.88 bits per heavy atom. The van der Waals surface area contributed by atoms with Crippen LogP contribution in [0.4, 0.5) is 4.39 Å². The molecule has 33 heavy (non-hydrogen) atoms. The van der Waals surface area contributed by atoms with Crippen molar-refractivity contribution < 1.29 is 18.4 Å². The van der Waals surface area contributed by atoms with E-state index >= 15 is 0 Å². The number of nitrogens with zero attached hydrogens (tertiary/aromatic N) is 1. The van der Waals surface area contributed by atoms with Gasteiger partial charge in [0, 0.05) is 22.7 Å². The maximum Gasteiger partial charge on any atom is 0.694 e. The molecule has 0 saturated carbocycles. The largest absolute Gasteiger partial charge is 0.694 e. The zero-order valence-electron chi connectivity index (χ0n) is 19.2. The van der Waals surface area contributed by atoms with Gasteiger partial charge in [-0.15, -0.1) is 9.42 Å². The highest BCUT2D eigenvalue weighted by atomic mass is 31.1. The minimum Gasteiger partial charge on any atom is -0.313 e. The van der Waals surface area contributed by atoms with Crippen molar-refractivity contribution in [3.05, 3.63) is 65.6 Å². The lowest BCUT2D eigenvalue weighted by molar-refractivity contribution is 0.276. The Labute approximate surface area is 196 Å². The van der Waals surface area contributed by atoms with Gasteiger partial charge < -0.3 is 5.32 Å². The molecule has 2 N–H and O–H groups in total. The van der Waals surface area contributed by atoms with Crippen molar-refractivity contribution >= 4 is 19.2 Å². The van der Waals surface area contributed by atoms with E-state index in [0.717, 1.165) is 52.4 Å². The molecule has 0 aliphatic heterocycles. The van der Waals surface area contributed by atoms with Gasteiger partial charge in [0.1, 0.15) is 12.4 Å². The average molecular weight is 472 g/mol. The van der Waals surface area contributed by atoms with E-state index in [4.69, 9.17) is 4.89 Å². The van der Waals surface area contributed by atoms with Gasteiger partial charge in [-0.1, -0.05) is 62.9 Å². The first-order valence-electron chi connectivity index (χ1n) is 11.7. The van der Waals surface area contributed by atoms with Gasteiger partial charge in [-0.2, -0.15) is 0 Å². The molecule has 3 aromatic rings. The van der Waals surface area contributed by atoms with Crippen molar-refractivity contribution in [3.63, 3.8) is 0 Å². The third-order valence-electron chi connectivity index (χ3n) is 5.78. The third-order valence-corrected chi connectivity index (χ3v) is 6.19. The molecular weight excluding hydrogens is 438 g/mol. The molecule has 0 amide bonds. The van der Waals surface area contributed by atoms with Crippen molar-refractivity contribution in [3.8, 4) is 11.1 Å². The van der Waals surface area contributed by atoms with Crippen molar-refractivity contribution in [2.75, 3.05) is 13.2 Å². The van der Waals surface area contributed by atoms with Crippen LogP contribution in [0.25, 0.3) is 22.0 Å². The van der Waals surface area contributed by atoms with Crippen LogP contribution in [-0.4, -0.2) is 23.0 Å². The fraction of sp³-hybridized carbons (Fsp3) is 0.423. The van der Waals surface area contributed by atoms with Crippen LogP contribution in [-0.2, 0) is 22.1 Å². The van der Waals surface area contributed by atoms with Gasteiger partial charge >= 0.3 is 8.25 Å². The predicted octanol–water partition coefficient (Wildman–Crippen LogP) is 6.70. The first kappa shape index (κ1) is 25.4. The summed E-state index contributed by atoms with van der Waals surface area (Å²) in [6.45, 7) is 3.70. The molecule has 0 aliphatic carbocycles. The number of nitrogens with one attached hydrogen (secondary N) is 1. The van der Waals surface area contributed by atoms with E-state index in [-0.39, 0.29) is 12.4 Å². The molecule has 0 saturated heterocycles. The number of fused-ring (bicyclic) bond motifs is 1. The van der Waals surface area contributed by atoms with Crippen LogP contribution in [0.5, 0.6) is 0 Å². The van der Waals surface area contributed by atoms with Crippen molar-refractivity contribution in [1.29, 1.82) is 0 Å². The molecule has 1 aromatic heterocycles. The Balaban J connectivity index is 1.69. The fourth-order valence-corrected chi connectivity index (χ4v) is 4.31. The number of aryl methyl sites for hydroxylation is 1. The topological polar surface area (TPSA) is 71.5 Å². The second-order valence-electron chi connectivity index (χ2n) is 8.24. The smallest absolute Gasteiger partial charge is 0.313 e. The van der Waals surface area contributed by atoms with Crippen LogP contribution < -0.4 is 5.32 Å². The molecule has 1 heterocycles. The highest BCUT2D eigenvalue weighted by Crippen LogP contribution is 2.31. The molecule has 1 unspecified atom stereocenters. The summed E-state index contributed by atoms with van der Waals surface area (Å²) >= 11 is 0. The van der Waals surface area contributed by atoms with Crippen LogP contribution in [0.2, 0.25) is 0 Å². The van der Waals surface area contributed by atoms with Crippen molar-refractivity contribution in [2.45, 2.75) is 58.4 Å². The van der Waals surface area contributed by atoms with Crippen LogP contribution >= 0.6 is 8.25 Å². The van der Waals surface area contributed by atoms with Gasteiger partial charge in [0.05, 0.1) is 5.52 Å². The minimum absolute atomic E-state index is 0.141. The second-order valence-corrected chi connectivity index (χ2v) is 8.98. The minimum atomic E-state index is -2.54. The molecule has 3 rings (SSSR count). The van der Waals surface area contributed by atoms with Crippen LogP contribution in [0.1, 0.15) is 56.6 Å². The Morgan fingerprint density at radius 1 is 1.06 bits per heavy atom. The second kappa shape index (κ2) is 13.5. The van der Waals surface area contributed by atoms with E-state index in [1.807, 2.05) is 36.4 Å². The Hall–Kier alpha value is -2.24. The van der Waals surface area contributed by atoms with Crippen molar-refractivity contribution in [1.82, 2.24) is 10.3 Å². The first-order chi connectivity index (χ1) is 16.1. The summed E-state index contributed by atoms with van der Waals surface area (Å²) in [6, 6.07) is 13.6. The van der Waals surface area contributed by atoms with E-state index in [1.165, 1.54) is 19.3 Å². The molecule has 0 bridgehead atoms. The van der Waals surface area contributed by atoms with Gasteiger partial charge in [0.2, 0.25) is 0 Å². The highest BCUT2D eigenvalue weighted by molar-refractivity contribution is 7.32. The predicted molar refractivity (Wildman–Crippen MR) is 132 cm³/mol. The average Bonchev–Trinajstić information content (AvgIpc) is 2.82. The summed E-state index contributed by atoms with van der Waals surface area (Å²) < 4.78 is 30.0. The quantitative estimate of drug-likeness (QED) is 0.202. The molecular formula is C26H33FN2O3P+. The third kappa shape index (κ3) is 7.65. The zero-order chi connectivity index (χ0) is 23.5. The van der Waals surface area contributed by atoms with Gasteiger partial charge in [0.15, 0.2) is 0 Å². The molecule has 0 spiro atoms.